The standard InChI is InChI=1S/C12H22N4/c1-4-11-7-13-5-6-15(11)12-8-14-16(9-12)10(2)3/h8-11,13H,4-7H2,1-3H3. The zero-order chi connectivity index (χ0) is 11.5. The number of rotatable bonds is 3. The van der Waals surface area contributed by atoms with Gasteiger partial charge in [-0.15, -0.1) is 0 Å². The molecule has 1 aromatic rings. The third-order valence-electron chi connectivity index (χ3n) is 3.27. The van der Waals surface area contributed by atoms with Crippen molar-refractivity contribution in [2.24, 2.45) is 0 Å². The fraction of sp³-hybridized carbons (Fsp3) is 0.750. The van der Waals surface area contributed by atoms with Crippen LogP contribution in [-0.2, 0) is 0 Å². The molecule has 1 aliphatic heterocycles. The zero-order valence-electron chi connectivity index (χ0n) is 10.5. The largest absolute Gasteiger partial charge is 0.363 e. The first-order chi connectivity index (χ1) is 7.72. The van der Waals surface area contributed by atoms with Gasteiger partial charge in [0.2, 0.25) is 0 Å². The number of hydrogen-bond donors (Lipinski definition) is 1. The summed E-state index contributed by atoms with van der Waals surface area (Å²) in [5.41, 5.74) is 1.27. The minimum atomic E-state index is 0.441. The second kappa shape index (κ2) is 4.87. The fourth-order valence-electron chi connectivity index (χ4n) is 2.22. The van der Waals surface area contributed by atoms with Crippen molar-refractivity contribution < 1.29 is 0 Å². The predicted molar refractivity (Wildman–Crippen MR) is 66.9 cm³/mol. The van der Waals surface area contributed by atoms with E-state index in [1.54, 1.807) is 0 Å². The van der Waals surface area contributed by atoms with E-state index in [-0.39, 0.29) is 0 Å². The minimum Gasteiger partial charge on any atom is -0.363 e. The lowest BCUT2D eigenvalue weighted by atomic mass is 10.1. The van der Waals surface area contributed by atoms with Gasteiger partial charge in [-0.05, 0) is 20.3 Å². The van der Waals surface area contributed by atoms with Crippen LogP contribution in [0.25, 0.3) is 0 Å². The normalized spacial score (nSPS) is 21.8. The maximum absolute atomic E-state index is 4.41. The summed E-state index contributed by atoms with van der Waals surface area (Å²) in [5, 5.41) is 7.86. The molecule has 0 saturated carbocycles. The van der Waals surface area contributed by atoms with E-state index in [2.05, 4.69) is 42.3 Å². The van der Waals surface area contributed by atoms with Crippen molar-refractivity contribution in [1.82, 2.24) is 15.1 Å². The number of nitrogens with one attached hydrogen (secondary N) is 1. The molecule has 1 atom stereocenters. The molecule has 1 fully saturated rings. The monoisotopic (exact) mass is 222 g/mol. The molecule has 0 aromatic carbocycles. The summed E-state index contributed by atoms with van der Waals surface area (Å²) in [4.78, 5) is 2.47. The first-order valence-electron chi connectivity index (χ1n) is 6.24. The van der Waals surface area contributed by atoms with E-state index >= 15 is 0 Å². The van der Waals surface area contributed by atoms with Crippen LogP contribution in [0.2, 0.25) is 0 Å². The Labute approximate surface area is 97.6 Å². The lowest BCUT2D eigenvalue weighted by molar-refractivity contribution is 0.465. The zero-order valence-corrected chi connectivity index (χ0v) is 10.5. The molecule has 1 unspecified atom stereocenters. The molecule has 0 spiro atoms. The molecule has 0 aliphatic carbocycles. The maximum atomic E-state index is 4.41. The predicted octanol–water partition coefficient (Wildman–Crippen LogP) is 1.65. The van der Waals surface area contributed by atoms with Gasteiger partial charge in [-0.25, -0.2) is 0 Å². The highest BCUT2D eigenvalue weighted by atomic mass is 15.3. The Morgan fingerprint density at radius 3 is 3.00 bits per heavy atom. The second-order valence-electron chi connectivity index (χ2n) is 4.73. The summed E-state index contributed by atoms with van der Waals surface area (Å²) in [6, 6.07) is 1.05. The molecule has 4 heteroatoms. The second-order valence-corrected chi connectivity index (χ2v) is 4.73. The Hall–Kier alpha value is -1.03. The minimum absolute atomic E-state index is 0.441. The molecule has 1 saturated heterocycles. The van der Waals surface area contributed by atoms with E-state index in [1.165, 1.54) is 12.1 Å². The number of piperazine rings is 1. The lowest BCUT2D eigenvalue weighted by Crippen LogP contribution is -2.51. The topological polar surface area (TPSA) is 33.1 Å². The molecule has 16 heavy (non-hydrogen) atoms. The number of aromatic nitrogens is 2. The molecule has 4 nitrogen and oxygen atoms in total. The molecular formula is C12H22N4. The van der Waals surface area contributed by atoms with E-state index in [9.17, 15) is 0 Å². The lowest BCUT2D eigenvalue weighted by Gasteiger charge is -2.36. The number of nitrogens with zero attached hydrogens (tertiary/aromatic N) is 3. The summed E-state index contributed by atoms with van der Waals surface area (Å²) in [6.07, 6.45) is 5.34. The van der Waals surface area contributed by atoms with Gasteiger partial charge in [-0.3, -0.25) is 4.68 Å². The van der Waals surface area contributed by atoms with Gasteiger partial charge >= 0.3 is 0 Å². The molecule has 0 radical (unpaired) electrons. The van der Waals surface area contributed by atoms with Crippen molar-refractivity contribution in [3.8, 4) is 0 Å². The summed E-state index contributed by atoms with van der Waals surface area (Å²) in [7, 11) is 0. The third kappa shape index (κ3) is 2.21. The smallest absolute Gasteiger partial charge is 0.0756 e. The summed E-state index contributed by atoms with van der Waals surface area (Å²) in [5.74, 6) is 0. The first kappa shape index (κ1) is 11.5. The van der Waals surface area contributed by atoms with Crippen molar-refractivity contribution >= 4 is 5.69 Å². The molecule has 0 bridgehead atoms. The van der Waals surface area contributed by atoms with Crippen molar-refractivity contribution in [2.75, 3.05) is 24.5 Å². The van der Waals surface area contributed by atoms with Crippen molar-refractivity contribution in [1.29, 1.82) is 0 Å². The van der Waals surface area contributed by atoms with Crippen molar-refractivity contribution in [3.63, 3.8) is 0 Å². The molecule has 1 aromatic heterocycles. The van der Waals surface area contributed by atoms with Gasteiger partial charge < -0.3 is 10.2 Å². The molecule has 1 aliphatic rings. The van der Waals surface area contributed by atoms with Crippen LogP contribution in [0.4, 0.5) is 5.69 Å². The first-order valence-corrected chi connectivity index (χ1v) is 6.24. The Kier molecular flexibility index (Phi) is 3.49. The van der Waals surface area contributed by atoms with E-state index in [1.807, 2.05) is 10.9 Å². The maximum Gasteiger partial charge on any atom is 0.0756 e. The summed E-state index contributed by atoms with van der Waals surface area (Å²) in [6.45, 7) is 9.81. The third-order valence-corrected chi connectivity index (χ3v) is 3.27. The van der Waals surface area contributed by atoms with Crippen LogP contribution in [0.3, 0.4) is 0 Å². The summed E-state index contributed by atoms with van der Waals surface area (Å²) < 4.78 is 2.03. The Bertz CT molecular complexity index is 332. The van der Waals surface area contributed by atoms with Crippen LogP contribution >= 0.6 is 0 Å². The van der Waals surface area contributed by atoms with Gasteiger partial charge in [-0.1, -0.05) is 6.92 Å². The summed E-state index contributed by atoms with van der Waals surface area (Å²) >= 11 is 0. The number of hydrogen-bond acceptors (Lipinski definition) is 3. The molecular weight excluding hydrogens is 200 g/mol. The molecule has 2 heterocycles. The average Bonchev–Trinajstić information content (AvgIpc) is 2.78. The average molecular weight is 222 g/mol. The van der Waals surface area contributed by atoms with Crippen LogP contribution in [0.1, 0.15) is 33.2 Å². The Balaban J connectivity index is 2.14. The highest BCUT2D eigenvalue weighted by Gasteiger charge is 2.21. The van der Waals surface area contributed by atoms with Crippen molar-refractivity contribution in [2.45, 2.75) is 39.3 Å². The highest BCUT2D eigenvalue weighted by Crippen LogP contribution is 2.20. The van der Waals surface area contributed by atoms with Crippen molar-refractivity contribution in [3.05, 3.63) is 12.4 Å². The van der Waals surface area contributed by atoms with Gasteiger partial charge in [0.1, 0.15) is 0 Å². The fourth-order valence-corrected chi connectivity index (χ4v) is 2.22. The van der Waals surface area contributed by atoms with Crippen LogP contribution in [0, 0.1) is 0 Å². The molecule has 2 rings (SSSR count). The Morgan fingerprint density at radius 1 is 1.56 bits per heavy atom. The van der Waals surface area contributed by atoms with Crippen LogP contribution in [-0.4, -0.2) is 35.5 Å². The molecule has 0 amide bonds. The molecule has 90 valence electrons. The van der Waals surface area contributed by atoms with Gasteiger partial charge in [0.25, 0.3) is 0 Å². The van der Waals surface area contributed by atoms with Gasteiger partial charge in [0.05, 0.1) is 11.9 Å². The quantitative estimate of drug-likeness (QED) is 0.844. The number of anilines is 1. The van der Waals surface area contributed by atoms with Crippen LogP contribution < -0.4 is 10.2 Å². The van der Waals surface area contributed by atoms with Gasteiger partial charge in [0.15, 0.2) is 0 Å². The van der Waals surface area contributed by atoms with Gasteiger partial charge in [-0.2, -0.15) is 5.10 Å². The van der Waals surface area contributed by atoms with Crippen LogP contribution in [0.15, 0.2) is 12.4 Å². The van der Waals surface area contributed by atoms with E-state index < -0.39 is 0 Å². The highest BCUT2D eigenvalue weighted by molar-refractivity contribution is 5.44. The van der Waals surface area contributed by atoms with Crippen LogP contribution in [0.5, 0.6) is 0 Å². The van der Waals surface area contributed by atoms with E-state index in [0.29, 0.717) is 12.1 Å². The Morgan fingerprint density at radius 2 is 2.38 bits per heavy atom. The van der Waals surface area contributed by atoms with E-state index in [0.717, 1.165) is 19.6 Å². The van der Waals surface area contributed by atoms with Gasteiger partial charge in [0, 0.05) is 37.9 Å². The van der Waals surface area contributed by atoms with E-state index in [4.69, 9.17) is 0 Å². The molecule has 1 N–H and O–H groups in total. The SMILES string of the molecule is CCC1CNCCN1c1cnn(C(C)C)c1.